The van der Waals surface area contributed by atoms with Crippen LogP contribution in [0.1, 0.15) is 43.2 Å². The molecule has 1 saturated carbocycles. The highest BCUT2D eigenvalue weighted by molar-refractivity contribution is 5.74. The summed E-state index contributed by atoms with van der Waals surface area (Å²) in [5, 5.41) is 3.00. The average Bonchev–Trinajstić information content (AvgIpc) is 2.77. The predicted octanol–water partition coefficient (Wildman–Crippen LogP) is 4.15. The van der Waals surface area contributed by atoms with E-state index in [1.807, 2.05) is 36.4 Å². The van der Waals surface area contributed by atoms with Crippen molar-refractivity contribution in [1.82, 2.24) is 15.2 Å². The van der Waals surface area contributed by atoms with Crippen LogP contribution in [0.4, 0.5) is 4.79 Å². The standard InChI is InChI=1S/C23H31N3O3/c1-28-15-14-26(18-20-6-5-13-24-16-20)23(27)25-17-19-9-11-22(12-10-19)29-21-7-3-2-4-8-21/h5-6,9-13,16,21H,2-4,7-8,14-15,17-18H2,1H3,(H,25,27). The molecule has 1 aliphatic carbocycles. The fourth-order valence-electron chi connectivity index (χ4n) is 3.52. The number of hydrogen-bond acceptors (Lipinski definition) is 4. The molecule has 0 aliphatic heterocycles. The Labute approximate surface area is 173 Å². The number of carbonyl (C=O) groups excluding carboxylic acids is 1. The number of rotatable bonds is 9. The van der Waals surface area contributed by atoms with Crippen LogP contribution in [-0.2, 0) is 17.8 Å². The Balaban J connectivity index is 1.50. The summed E-state index contributed by atoms with van der Waals surface area (Å²) in [4.78, 5) is 18.5. The predicted molar refractivity (Wildman–Crippen MR) is 113 cm³/mol. The van der Waals surface area contributed by atoms with Crippen molar-refractivity contribution in [3.63, 3.8) is 0 Å². The molecule has 1 aromatic heterocycles. The number of urea groups is 1. The van der Waals surface area contributed by atoms with Crippen molar-refractivity contribution in [3.8, 4) is 5.75 Å². The first-order chi connectivity index (χ1) is 14.2. The van der Waals surface area contributed by atoms with E-state index in [1.54, 1.807) is 24.4 Å². The molecular weight excluding hydrogens is 366 g/mol. The van der Waals surface area contributed by atoms with Gasteiger partial charge in [-0.1, -0.05) is 24.6 Å². The van der Waals surface area contributed by atoms with Crippen LogP contribution in [-0.4, -0.2) is 42.3 Å². The second kappa shape index (κ2) is 11.4. The lowest BCUT2D eigenvalue weighted by atomic mass is 9.98. The molecule has 0 saturated heterocycles. The van der Waals surface area contributed by atoms with Crippen LogP contribution in [0.25, 0.3) is 0 Å². The molecule has 1 aliphatic rings. The first kappa shape index (κ1) is 21.1. The van der Waals surface area contributed by atoms with E-state index in [0.29, 0.717) is 32.3 Å². The molecule has 1 N–H and O–H groups in total. The van der Waals surface area contributed by atoms with E-state index in [2.05, 4.69) is 10.3 Å². The number of amides is 2. The molecule has 0 bridgehead atoms. The fraction of sp³-hybridized carbons (Fsp3) is 0.478. The zero-order valence-electron chi connectivity index (χ0n) is 17.2. The molecule has 2 amide bonds. The van der Waals surface area contributed by atoms with E-state index in [1.165, 1.54) is 19.3 Å². The Hall–Kier alpha value is -2.60. The summed E-state index contributed by atoms with van der Waals surface area (Å²) in [5.74, 6) is 0.908. The summed E-state index contributed by atoms with van der Waals surface area (Å²) in [6.45, 7) is 1.97. The molecule has 156 valence electrons. The Morgan fingerprint density at radius 2 is 1.93 bits per heavy atom. The maximum absolute atomic E-state index is 12.7. The van der Waals surface area contributed by atoms with Crippen molar-refractivity contribution in [2.75, 3.05) is 20.3 Å². The second-order valence-electron chi connectivity index (χ2n) is 7.46. The van der Waals surface area contributed by atoms with Gasteiger partial charge in [0.1, 0.15) is 5.75 Å². The summed E-state index contributed by atoms with van der Waals surface area (Å²) in [7, 11) is 1.64. The molecular formula is C23H31N3O3. The smallest absolute Gasteiger partial charge is 0.318 e. The van der Waals surface area contributed by atoms with Crippen LogP contribution in [0, 0.1) is 0 Å². The van der Waals surface area contributed by atoms with Gasteiger partial charge in [0.15, 0.2) is 0 Å². The topological polar surface area (TPSA) is 63.7 Å². The van der Waals surface area contributed by atoms with Gasteiger partial charge in [0.05, 0.1) is 12.7 Å². The third kappa shape index (κ3) is 7.06. The molecule has 3 rings (SSSR count). The Bertz CT molecular complexity index is 731. The highest BCUT2D eigenvalue weighted by atomic mass is 16.5. The molecule has 2 aromatic rings. The van der Waals surface area contributed by atoms with E-state index in [4.69, 9.17) is 9.47 Å². The van der Waals surface area contributed by atoms with E-state index in [9.17, 15) is 4.79 Å². The molecule has 0 atom stereocenters. The minimum atomic E-state index is -0.117. The Morgan fingerprint density at radius 3 is 2.62 bits per heavy atom. The average molecular weight is 398 g/mol. The number of methoxy groups -OCH3 is 1. The number of carbonyl (C=O) groups is 1. The summed E-state index contributed by atoms with van der Waals surface area (Å²) < 4.78 is 11.2. The van der Waals surface area contributed by atoms with Crippen LogP contribution in [0.15, 0.2) is 48.8 Å². The summed E-state index contributed by atoms with van der Waals surface area (Å²) in [5.41, 5.74) is 2.03. The van der Waals surface area contributed by atoms with E-state index >= 15 is 0 Å². The van der Waals surface area contributed by atoms with Gasteiger partial charge < -0.3 is 19.7 Å². The van der Waals surface area contributed by atoms with Gasteiger partial charge in [-0.05, 0) is 55.0 Å². The maximum atomic E-state index is 12.7. The lowest BCUT2D eigenvalue weighted by Crippen LogP contribution is -2.40. The minimum absolute atomic E-state index is 0.117. The van der Waals surface area contributed by atoms with Gasteiger partial charge in [0, 0.05) is 39.1 Å². The quantitative estimate of drug-likeness (QED) is 0.690. The lowest BCUT2D eigenvalue weighted by Gasteiger charge is -2.23. The van der Waals surface area contributed by atoms with Crippen LogP contribution in [0.3, 0.4) is 0 Å². The van der Waals surface area contributed by atoms with Crippen LogP contribution in [0.5, 0.6) is 5.75 Å². The van der Waals surface area contributed by atoms with Gasteiger partial charge in [0.2, 0.25) is 0 Å². The number of hydrogen-bond donors (Lipinski definition) is 1. The van der Waals surface area contributed by atoms with Crippen molar-refractivity contribution in [2.24, 2.45) is 0 Å². The number of aromatic nitrogens is 1. The van der Waals surface area contributed by atoms with E-state index < -0.39 is 0 Å². The molecule has 0 unspecified atom stereocenters. The Morgan fingerprint density at radius 1 is 1.14 bits per heavy atom. The third-order valence-electron chi connectivity index (χ3n) is 5.17. The number of benzene rings is 1. The van der Waals surface area contributed by atoms with Gasteiger partial charge in [-0.2, -0.15) is 0 Å². The highest BCUT2D eigenvalue weighted by Crippen LogP contribution is 2.23. The van der Waals surface area contributed by atoms with Crippen LogP contribution >= 0.6 is 0 Å². The second-order valence-corrected chi connectivity index (χ2v) is 7.46. The van der Waals surface area contributed by atoms with Gasteiger partial charge >= 0.3 is 6.03 Å². The summed E-state index contributed by atoms with van der Waals surface area (Å²) >= 11 is 0. The van der Waals surface area contributed by atoms with Crippen molar-refractivity contribution in [1.29, 1.82) is 0 Å². The van der Waals surface area contributed by atoms with Crippen LogP contribution < -0.4 is 10.1 Å². The van der Waals surface area contributed by atoms with Crippen molar-refractivity contribution in [3.05, 3.63) is 59.9 Å². The maximum Gasteiger partial charge on any atom is 0.318 e. The van der Waals surface area contributed by atoms with Gasteiger partial charge in [-0.25, -0.2) is 4.79 Å². The van der Waals surface area contributed by atoms with E-state index in [0.717, 1.165) is 29.7 Å². The largest absolute Gasteiger partial charge is 0.490 e. The molecule has 0 radical (unpaired) electrons. The van der Waals surface area contributed by atoms with E-state index in [-0.39, 0.29) is 6.03 Å². The SMILES string of the molecule is COCCN(Cc1cccnc1)C(=O)NCc1ccc(OC2CCCCC2)cc1. The van der Waals surface area contributed by atoms with Gasteiger partial charge in [-0.3, -0.25) is 4.98 Å². The third-order valence-corrected chi connectivity index (χ3v) is 5.17. The molecule has 6 heteroatoms. The minimum Gasteiger partial charge on any atom is -0.490 e. The number of nitrogens with one attached hydrogen (secondary N) is 1. The molecule has 29 heavy (non-hydrogen) atoms. The normalized spacial score (nSPS) is 14.4. The molecule has 1 aromatic carbocycles. The summed E-state index contributed by atoms with van der Waals surface area (Å²) in [6.07, 6.45) is 9.97. The van der Waals surface area contributed by atoms with Gasteiger partial charge in [0.25, 0.3) is 0 Å². The van der Waals surface area contributed by atoms with Crippen molar-refractivity contribution < 1.29 is 14.3 Å². The van der Waals surface area contributed by atoms with Crippen molar-refractivity contribution in [2.45, 2.75) is 51.3 Å². The van der Waals surface area contributed by atoms with Crippen molar-refractivity contribution >= 4 is 6.03 Å². The first-order valence-corrected chi connectivity index (χ1v) is 10.4. The number of nitrogens with zero attached hydrogens (tertiary/aromatic N) is 2. The fourth-order valence-corrected chi connectivity index (χ4v) is 3.52. The zero-order chi connectivity index (χ0) is 20.3. The van der Waals surface area contributed by atoms with Gasteiger partial charge in [-0.15, -0.1) is 0 Å². The molecule has 1 heterocycles. The highest BCUT2D eigenvalue weighted by Gasteiger charge is 2.15. The number of pyridine rings is 1. The molecule has 1 fully saturated rings. The molecule has 6 nitrogen and oxygen atoms in total. The summed E-state index contributed by atoms with van der Waals surface area (Å²) in [6, 6.07) is 11.7. The Kier molecular flexibility index (Phi) is 8.31. The zero-order valence-corrected chi connectivity index (χ0v) is 17.2. The number of ether oxygens (including phenoxy) is 2. The lowest BCUT2D eigenvalue weighted by molar-refractivity contribution is 0.146. The molecule has 0 spiro atoms. The first-order valence-electron chi connectivity index (χ1n) is 10.4. The monoisotopic (exact) mass is 397 g/mol. The van der Waals surface area contributed by atoms with Crippen LogP contribution in [0.2, 0.25) is 0 Å².